The van der Waals surface area contributed by atoms with E-state index < -0.39 is 0 Å². The van der Waals surface area contributed by atoms with E-state index in [2.05, 4.69) is 13.8 Å². The number of rotatable bonds is 0. The first kappa shape index (κ1) is 6.66. The molecule has 1 N–H and O–H groups in total. The van der Waals surface area contributed by atoms with Crippen molar-refractivity contribution in [3.63, 3.8) is 0 Å². The van der Waals surface area contributed by atoms with Crippen molar-refractivity contribution >= 4 is 0 Å². The Morgan fingerprint density at radius 2 is 2.00 bits per heavy atom. The van der Waals surface area contributed by atoms with Gasteiger partial charge in [-0.1, -0.05) is 13.8 Å². The fourth-order valence-electron chi connectivity index (χ4n) is 2.83. The quantitative estimate of drug-likeness (QED) is 0.544. The van der Waals surface area contributed by atoms with Gasteiger partial charge in [0, 0.05) is 0 Å². The average molecular weight is 140 g/mol. The largest absolute Gasteiger partial charge is 0.392 e. The van der Waals surface area contributed by atoms with Gasteiger partial charge < -0.3 is 5.11 Å². The van der Waals surface area contributed by atoms with Gasteiger partial charge in [-0.05, 0) is 36.5 Å². The fraction of sp³-hybridized carbons (Fsp3) is 1.00. The average Bonchev–Trinajstić information content (AvgIpc) is 2.37. The maximum absolute atomic E-state index is 9.75. The van der Waals surface area contributed by atoms with Gasteiger partial charge in [-0.15, -0.1) is 0 Å². The Balaban J connectivity index is 2.25. The summed E-state index contributed by atoms with van der Waals surface area (Å²) in [6.07, 6.45) is 3.91. The number of aliphatic hydroxyl groups excluding tert-OH is 1. The van der Waals surface area contributed by atoms with Crippen LogP contribution in [0.3, 0.4) is 0 Å². The third kappa shape index (κ3) is 0.619. The third-order valence-electron chi connectivity index (χ3n) is 3.73. The summed E-state index contributed by atoms with van der Waals surface area (Å²) in [5, 5.41) is 9.75. The van der Waals surface area contributed by atoms with E-state index in [0.29, 0.717) is 5.92 Å². The summed E-state index contributed by atoms with van der Waals surface area (Å²) in [5.74, 6) is 1.45. The number of hydrogen-bond acceptors (Lipinski definition) is 1. The standard InChI is InChI=1S/C9H16O/c1-9(2)7-4-3-6(5-7)8(9)10/h6-8,10H,3-5H2,1-2H3/t6-,7+,8+/m1/s1. The van der Waals surface area contributed by atoms with Crippen molar-refractivity contribution in [2.24, 2.45) is 17.3 Å². The van der Waals surface area contributed by atoms with Crippen LogP contribution >= 0.6 is 0 Å². The van der Waals surface area contributed by atoms with Crippen molar-refractivity contribution in [3.05, 3.63) is 0 Å². The molecular weight excluding hydrogens is 124 g/mol. The van der Waals surface area contributed by atoms with E-state index in [-0.39, 0.29) is 11.5 Å². The van der Waals surface area contributed by atoms with E-state index in [0.717, 1.165) is 5.92 Å². The Bertz CT molecular complexity index is 147. The molecule has 0 heterocycles. The van der Waals surface area contributed by atoms with E-state index in [9.17, 15) is 5.11 Å². The van der Waals surface area contributed by atoms with Gasteiger partial charge in [0.15, 0.2) is 0 Å². The molecule has 2 aliphatic rings. The highest BCUT2D eigenvalue weighted by Gasteiger charge is 2.51. The second-order valence-electron chi connectivity index (χ2n) is 4.54. The zero-order valence-corrected chi connectivity index (χ0v) is 6.80. The summed E-state index contributed by atoms with van der Waals surface area (Å²) in [7, 11) is 0. The van der Waals surface area contributed by atoms with Crippen molar-refractivity contribution < 1.29 is 5.11 Å². The Morgan fingerprint density at radius 1 is 1.30 bits per heavy atom. The zero-order chi connectivity index (χ0) is 7.35. The van der Waals surface area contributed by atoms with Crippen LogP contribution in [0, 0.1) is 17.3 Å². The second kappa shape index (κ2) is 1.76. The first-order valence-electron chi connectivity index (χ1n) is 4.30. The minimum absolute atomic E-state index is 0.00810. The topological polar surface area (TPSA) is 20.2 Å². The van der Waals surface area contributed by atoms with Crippen molar-refractivity contribution in [3.8, 4) is 0 Å². The number of hydrogen-bond donors (Lipinski definition) is 1. The molecule has 2 saturated carbocycles. The predicted molar refractivity (Wildman–Crippen MR) is 40.6 cm³/mol. The van der Waals surface area contributed by atoms with Crippen LogP contribution in [0.5, 0.6) is 0 Å². The Morgan fingerprint density at radius 3 is 2.30 bits per heavy atom. The molecule has 58 valence electrons. The molecule has 10 heavy (non-hydrogen) atoms. The number of fused-ring (bicyclic) bond motifs is 2. The lowest BCUT2D eigenvalue weighted by atomic mass is 9.74. The van der Waals surface area contributed by atoms with Gasteiger partial charge in [-0.25, -0.2) is 0 Å². The molecule has 2 rings (SSSR count). The molecule has 0 aromatic carbocycles. The fourth-order valence-corrected chi connectivity index (χ4v) is 2.83. The van der Waals surface area contributed by atoms with Gasteiger partial charge >= 0.3 is 0 Å². The molecule has 1 heteroatoms. The number of aliphatic hydroxyl groups is 1. The van der Waals surface area contributed by atoms with Crippen LogP contribution in [-0.4, -0.2) is 11.2 Å². The molecule has 2 bridgehead atoms. The molecule has 0 saturated heterocycles. The van der Waals surface area contributed by atoms with Gasteiger partial charge in [-0.3, -0.25) is 0 Å². The molecule has 0 amide bonds. The Kier molecular flexibility index (Phi) is 1.17. The first-order chi connectivity index (χ1) is 4.62. The maximum Gasteiger partial charge on any atom is 0.0622 e. The monoisotopic (exact) mass is 140 g/mol. The van der Waals surface area contributed by atoms with E-state index >= 15 is 0 Å². The predicted octanol–water partition coefficient (Wildman–Crippen LogP) is 1.80. The van der Waals surface area contributed by atoms with E-state index in [1.807, 2.05) is 0 Å². The molecule has 0 spiro atoms. The van der Waals surface area contributed by atoms with Crippen LogP contribution in [-0.2, 0) is 0 Å². The molecule has 0 aromatic heterocycles. The first-order valence-corrected chi connectivity index (χ1v) is 4.30. The van der Waals surface area contributed by atoms with Crippen LogP contribution in [0.2, 0.25) is 0 Å². The molecule has 3 atom stereocenters. The van der Waals surface area contributed by atoms with E-state index in [4.69, 9.17) is 0 Å². The van der Waals surface area contributed by atoms with Crippen molar-refractivity contribution in [2.75, 3.05) is 0 Å². The minimum atomic E-state index is -0.00810. The highest BCUT2D eigenvalue weighted by molar-refractivity contribution is 5.01. The van der Waals surface area contributed by atoms with Crippen molar-refractivity contribution in [1.29, 1.82) is 0 Å². The molecule has 0 unspecified atom stereocenters. The second-order valence-corrected chi connectivity index (χ2v) is 4.54. The van der Waals surface area contributed by atoms with Crippen molar-refractivity contribution in [1.82, 2.24) is 0 Å². The van der Waals surface area contributed by atoms with Crippen LogP contribution in [0.4, 0.5) is 0 Å². The summed E-state index contributed by atoms with van der Waals surface area (Å²) >= 11 is 0. The summed E-state index contributed by atoms with van der Waals surface area (Å²) in [4.78, 5) is 0. The molecule has 0 aliphatic heterocycles. The summed E-state index contributed by atoms with van der Waals surface area (Å²) in [6, 6.07) is 0. The maximum atomic E-state index is 9.75. The highest BCUT2D eigenvalue weighted by atomic mass is 16.3. The molecular formula is C9H16O. The Labute approximate surface area is 62.4 Å². The smallest absolute Gasteiger partial charge is 0.0622 e. The van der Waals surface area contributed by atoms with Gasteiger partial charge in [0.25, 0.3) is 0 Å². The Hall–Kier alpha value is -0.0400. The van der Waals surface area contributed by atoms with Crippen molar-refractivity contribution in [2.45, 2.75) is 39.2 Å². The molecule has 0 radical (unpaired) electrons. The van der Waals surface area contributed by atoms with Gasteiger partial charge in [0.1, 0.15) is 0 Å². The highest BCUT2D eigenvalue weighted by Crippen LogP contribution is 2.55. The van der Waals surface area contributed by atoms with Gasteiger partial charge in [0.2, 0.25) is 0 Å². The molecule has 1 nitrogen and oxygen atoms in total. The van der Waals surface area contributed by atoms with Gasteiger partial charge in [-0.2, -0.15) is 0 Å². The zero-order valence-electron chi connectivity index (χ0n) is 6.80. The van der Waals surface area contributed by atoms with Crippen LogP contribution in [0.15, 0.2) is 0 Å². The lowest BCUT2D eigenvalue weighted by Crippen LogP contribution is -2.34. The SMILES string of the molecule is CC1(C)[C@H]2CC[C@H](C2)[C@@H]1O. The summed E-state index contributed by atoms with van der Waals surface area (Å²) in [6.45, 7) is 4.42. The van der Waals surface area contributed by atoms with Crippen LogP contribution in [0.1, 0.15) is 33.1 Å². The van der Waals surface area contributed by atoms with Crippen LogP contribution < -0.4 is 0 Å². The summed E-state index contributed by atoms with van der Waals surface area (Å²) in [5.41, 5.74) is 0.225. The summed E-state index contributed by atoms with van der Waals surface area (Å²) < 4.78 is 0. The lowest BCUT2D eigenvalue weighted by molar-refractivity contribution is 0.00432. The molecule has 2 fully saturated rings. The third-order valence-corrected chi connectivity index (χ3v) is 3.73. The molecule has 0 aromatic rings. The molecule has 2 aliphatic carbocycles. The van der Waals surface area contributed by atoms with E-state index in [1.54, 1.807) is 0 Å². The van der Waals surface area contributed by atoms with Gasteiger partial charge in [0.05, 0.1) is 6.10 Å². The van der Waals surface area contributed by atoms with Crippen LogP contribution in [0.25, 0.3) is 0 Å². The normalized spacial score (nSPS) is 50.1. The van der Waals surface area contributed by atoms with E-state index in [1.165, 1.54) is 19.3 Å². The minimum Gasteiger partial charge on any atom is -0.392 e. The lowest BCUT2D eigenvalue weighted by Gasteiger charge is -2.34.